The smallest absolute Gasteiger partial charge is 0.237 e. The first-order valence-electron chi connectivity index (χ1n) is 10.1. The normalized spacial score (nSPS) is 17.1. The van der Waals surface area contributed by atoms with E-state index in [1.54, 1.807) is 17.3 Å². The maximum atomic E-state index is 14.3. The van der Waals surface area contributed by atoms with E-state index in [4.69, 9.17) is 5.73 Å². The summed E-state index contributed by atoms with van der Waals surface area (Å²) < 4.78 is 29.2. The minimum absolute atomic E-state index is 0.106. The lowest BCUT2D eigenvalue weighted by Crippen LogP contribution is -2.43. The first-order chi connectivity index (χ1) is 15.5. The van der Waals surface area contributed by atoms with Gasteiger partial charge in [-0.3, -0.25) is 9.80 Å². The van der Waals surface area contributed by atoms with Gasteiger partial charge in [-0.1, -0.05) is 12.1 Å². The van der Waals surface area contributed by atoms with E-state index in [9.17, 15) is 13.6 Å². The maximum Gasteiger partial charge on any atom is 0.237 e. The first kappa shape index (κ1) is 20.2. The van der Waals surface area contributed by atoms with Crippen LogP contribution >= 0.6 is 0 Å². The number of nitrogens with zero attached hydrogens (tertiary/aromatic N) is 7. The number of anilines is 1. The van der Waals surface area contributed by atoms with E-state index >= 15 is 0 Å². The Labute approximate surface area is 182 Å². The third kappa shape index (κ3) is 3.50. The van der Waals surface area contributed by atoms with Crippen molar-refractivity contribution >= 4 is 17.3 Å². The van der Waals surface area contributed by atoms with Crippen LogP contribution in [0, 0.1) is 18.2 Å². The molecule has 0 aliphatic carbocycles. The second-order valence-electron chi connectivity index (χ2n) is 7.50. The van der Waals surface area contributed by atoms with Crippen molar-refractivity contribution in [3.05, 3.63) is 60.3 Å². The van der Waals surface area contributed by atoms with E-state index in [0.29, 0.717) is 31.5 Å². The van der Waals surface area contributed by atoms with Crippen molar-refractivity contribution in [2.75, 3.05) is 18.8 Å². The lowest BCUT2D eigenvalue weighted by Gasteiger charge is -2.33. The highest BCUT2D eigenvalue weighted by molar-refractivity contribution is 5.79. The van der Waals surface area contributed by atoms with E-state index in [1.807, 2.05) is 17.6 Å². The van der Waals surface area contributed by atoms with Crippen molar-refractivity contribution in [2.45, 2.75) is 19.3 Å². The quantitative estimate of drug-likeness (QED) is 0.668. The number of nitrogen functional groups attached to an aromatic ring is 1. The number of hydrazine groups is 1. The Morgan fingerprint density at radius 1 is 1.16 bits per heavy atom. The molecule has 1 fully saturated rings. The molecule has 9 nitrogen and oxygen atoms in total. The zero-order chi connectivity index (χ0) is 22.2. The van der Waals surface area contributed by atoms with Crippen molar-refractivity contribution in [1.82, 2.24) is 35.2 Å². The van der Waals surface area contributed by atoms with Crippen LogP contribution in [-0.4, -0.2) is 54.2 Å². The molecular formula is C21H19F2N8O. The number of tetrazole rings is 1. The van der Waals surface area contributed by atoms with E-state index < -0.39 is 11.6 Å². The molecule has 1 amide bonds. The highest BCUT2D eigenvalue weighted by atomic mass is 19.2. The van der Waals surface area contributed by atoms with E-state index in [2.05, 4.69) is 20.5 Å². The molecule has 2 aliphatic heterocycles. The van der Waals surface area contributed by atoms with Crippen molar-refractivity contribution < 1.29 is 13.6 Å². The van der Waals surface area contributed by atoms with Crippen LogP contribution in [0.4, 0.5) is 14.6 Å². The Kier molecular flexibility index (Phi) is 5.10. The van der Waals surface area contributed by atoms with Crippen LogP contribution in [-0.2, 0) is 4.79 Å². The van der Waals surface area contributed by atoms with Crippen LogP contribution < -0.4 is 5.73 Å². The van der Waals surface area contributed by atoms with Crippen LogP contribution in [0.25, 0.3) is 22.6 Å². The molecule has 0 saturated carbocycles. The molecule has 1 radical (unpaired) electrons. The number of amides is 1. The summed E-state index contributed by atoms with van der Waals surface area (Å²) in [4.78, 5) is 16.2. The van der Waals surface area contributed by atoms with Crippen LogP contribution in [0.15, 0.2) is 36.5 Å². The number of rotatable bonds is 4. The van der Waals surface area contributed by atoms with Crippen molar-refractivity contribution in [2.24, 2.45) is 0 Å². The molecule has 0 atom stereocenters. The highest BCUT2D eigenvalue weighted by Gasteiger charge is 2.28. The van der Waals surface area contributed by atoms with Gasteiger partial charge in [0.1, 0.15) is 11.5 Å². The van der Waals surface area contributed by atoms with Gasteiger partial charge in [0.25, 0.3) is 0 Å². The van der Waals surface area contributed by atoms with Crippen molar-refractivity contribution in [1.29, 1.82) is 0 Å². The Hall–Kier alpha value is -3.73. The van der Waals surface area contributed by atoms with Crippen LogP contribution in [0.2, 0.25) is 0 Å². The average molecular weight is 437 g/mol. The van der Waals surface area contributed by atoms with Gasteiger partial charge < -0.3 is 5.73 Å². The predicted octanol–water partition coefficient (Wildman–Crippen LogP) is 2.37. The molecule has 5 rings (SSSR count). The summed E-state index contributed by atoms with van der Waals surface area (Å²) in [5, 5.41) is 15.1. The van der Waals surface area contributed by atoms with E-state index in [1.165, 1.54) is 12.1 Å². The van der Waals surface area contributed by atoms with Crippen LogP contribution in [0.5, 0.6) is 0 Å². The molecule has 32 heavy (non-hydrogen) atoms. The average Bonchev–Trinajstić information content (AvgIpc) is 3.45. The van der Waals surface area contributed by atoms with Crippen molar-refractivity contribution in [3.8, 4) is 17.1 Å². The number of nitrogens with two attached hydrogens (primary N) is 1. The molecule has 1 saturated heterocycles. The lowest BCUT2D eigenvalue weighted by molar-refractivity contribution is -0.139. The summed E-state index contributed by atoms with van der Waals surface area (Å²) in [6.07, 6.45) is 5.70. The van der Waals surface area contributed by atoms with Gasteiger partial charge in [-0.25, -0.2) is 18.8 Å². The number of carbonyl (C=O) groups excluding carboxylic acids is 1. The molecule has 3 aromatic rings. The van der Waals surface area contributed by atoms with E-state index in [0.717, 1.165) is 28.3 Å². The molecule has 0 bridgehead atoms. The fourth-order valence-corrected chi connectivity index (χ4v) is 3.92. The summed E-state index contributed by atoms with van der Waals surface area (Å²) in [6, 6.07) is 5.56. The van der Waals surface area contributed by atoms with Gasteiger partial charge in [0.2, 0.25) is 5.91 Å². The summed E-state index contributed by atoms with van der Waals surface area (Å²) in [7, 11) is 0. The Morgan fingerprint density at radius 2 is 2.03 bits per heavy atom. The molecule has 0 spiro atoms. The molecule has 2 N–H and O–H groups in total. The van der Waals surface area contributed by atoms with Gasteiger partial charge in [-0.2, -0.15) is 4.68 Å². The van der Waals surface area contributed by atoms with Gasteiger partial charge >= 0.3 is 0 Å². The van der Waals surface area contributed by atoms with Gasteiger partial charge in [-0.05, 0) is 52.6 Å². The molecule has 2 aromatic heterocycles. The van der Waals surface area contributed by atoms with Gasteiger partial charge in [0.15, 0.2) is 17.5 Å². The SMILES string of the molecule is Nc1ncc(C2=CCN(N3[CH]CCC3=O)CC2)cc1-c1nnnn1-c1cccc(F)c1F. The molecule has 1 aromatic carbocycles. The zero-order valence-electron chi connectivity index (χ0n) is 16.9. The number of benzene rings is 1. The van der Waals surface area contributed by atoms with Gasteiger partial charge in [0.05, 0.1) is 12.1 Å². The predicted molar refractivity (Wildman–Crippen MR) is 111 cm³/mol. The summed E-state index contributed by atoms with van der Waals surface area (Å²) in [5.41, 5.74) is 8.21. The number of hydrogen-bond acceptors (Lipinski definition) is 7. The minimum Gasteiger partial charge on any atom is -0.383 e. The topological polar surface area (TPSA) is 106 Å². The Morgan fingerprint density at radius 3 is 2.78 bits per heavy atom. The molecule has 2 aliphatic rings. The number of aromatic nitrogens is 5. The molecule has 163 valence electrons. The number of halogens is 2. The second-order valence-corrected chi connectivity index (χ2v) is 7.50. The van der Waals surface area contributed by atoms with Gasteiger partial charge in [-0.15, -0.1) is 5.10 Å². The molecule has 0 unspecified atom stereocenters. The standard InChI is InChI=1S/C21H19F2N8O/c22-16-3-1-4-17(19(16)23)31-21(26-27-28-31)15-11-14(12-25-20(15)24)13-6-9-29(10-7-13)30-8-2-5-18(30)32/h1,3-4,6,8,11-12H,2,5,7,9-10H2,(H2,24,25). The largest absolute Gasteiger partial charge is 0.383 e. The monoisotopic (exact) mass is 437 g/mol. The highest BCUT2D eigenvalue weighted by Crippen LogP contribution is 2.31. The summed E-state index contributed by atoms with van der Waals surface area (Å²) >= 11 is 0. The first-order valence-corrected chi connectivity index (χ1v) is 10.1. The maximum absolute atomic E-state index is 14.3. The zero-order valence-corrected chi connectivity index (χ0v) is 16.9. The molecular weight excluding hydrogens is 418 g/mol. The minimum atomic E-state index is -1.06. The summed E-state index contributed by atoms with van der Waals surface area (Å²) in [6.45, 7) is 3.18. The fourth-order valence-electron chi connectivity index (χ4n) is 3.92. The van der Waals surface area contributed by atoms with Crippen LogP contribution in [0.1, 0.15) is 24.8 Å². The third-order valence-electron chi connectivity index (χ3n) is 5.57. The van der Waals surface area contributed by atoms with Crippen LogP contribution in [0.3, 0.4) is 0 Å². The fraction of sp³-hybridized carbons (Fsp3) is 0.238. The third-order valence-corrected chi connectivity index (χ3v) is 5.57. The van der Waals surface area contributed by atoms with Gasteiger partial charge in [0, 0.05) is 25.7 Å². The second kappa shape index (κ2) is 8.08. The molecule has 4 heterocycles. The number of carbonyl (C=O) groups is 1. The molecule has 11 heteroatoms. The summed E-state index contributed by atoms with van der Waals surface area (Å²) in [5.74, 6) is -1.65. The van der Waals surface area contributed by atoms with Crippen molar-refractivity contribution in [3.63, 3.8) is 0 Å². The number of pyridine rings is 1. The Balaban J connectivity index is 1.46. The Bertz CT molecular complexity index is 1220. The van der Waals surface area contributed by atoms with E-state index in [-0.39, 0.29) is 23.2 Å². The lowest BCUT2D eigenvalue weighted by atomic mass is 10.00. The number of hydrogen-bond donors (Lipinski definition) is 1.